The molecule has 3 fully saturated rings. The molecule has 5 heterocycles. The zero-order valence-corrected chi connectivity index (χ0v) is 36.3. The van der Waals surface area contributed by atoms with Crippen molar-refractivity contribution in [2.45, 2.75) is 108 Å². The number of amides is 5. The maximum absolute atomic E-state index is 13.2. The summed E-state index contributed by atoms with van der Waals surface area (Å²) in [4.78, 5) is 74.8. The Kier molecular flexibility index (Phi) is 14.2. The van der Waals surface area contributed by atoms with Crippen LogP contribution in [0.5, 0.6) is 0 Å². The van der Waals surface area contributed by atoms with Crippen LogP contribution in [0.3, 0.4) is 0 Å². The highest BCUT2D eigenvalue weighted by molar-refractivity contribution is 6.05. The average Bonchev–Trinajstić information content (AvgIpc) is 3.94. The topological polar surface area (TPSA) is 195 Å². The van der Waals surface area contributed by atoms with Crippen molar-refractivity contribution in [2.24, 2.45) is 7.05 Å². The molecule has 0 bridgehead atoms. The number of carboxylic acids is 1. The average molecular weight is 889 g/mol. The van der Waals surface area contributed by atoms with Crippen LogP contribution in [-0.4, -0.2) is 126 Å². The molecular weight excluding hydrogens is 834 g/mol. The van der Waals surface area contributed by atoms with Gasteiger partial charge in [0, 0.05) is 86.7 Å². The number of fused-ring (bicyclic) bond motifs is 2. The van der Waals surface area contributed by atoms with Gasteiger partial charge in [-0.3, -0.25) is 29.3 Å². The number of hydrogen-bond acceptors (Lipinski definition) is 10. The van der Waals surface area contributed by atoms with Crippen LogP contribution in [0.4, 0.5) is 23.9 Å². The number of nitrogens with zero attached hydrogens (tertiary/aromatic N) is 7. The van der Waals surface area contributed by atoms with Gasteiger partial charge in [0.15, 0.2) is 0 Å². The van der Waals surface area contributed by atoms with E-state index in [4.69, 9.17) is 14.9 Å². The van der Waals surface area contributed by atoms with Gasteiger partial charge in [0.25, 0.3) is 5.91 Å². The fraction of sp³-hybridized carbons (Fsp3) is 0.511. The van der Waals surface area contributed by atoms with Crippen LogP contribution >= 0.6 is 0 Å². The smallest absolute Gasteiger partial charge is 0.475 e. The van der Waals surface area contributed by atoms with Crippen molar-refractivity contribution < 1.29 is 42.3 Å². The van der Waals surface area contributed by atoms with Crippen LogP contribution in [0, 0.1) is 0 Å². The SMILES string of the molecule is CC(C)c1c2cc(-c3ccnc(N[C@H]4CC[C@H](NC(=O)N5CCN(CCCCCc6cccc7c6CN(C6CCC(=O)NC6=O)C7=O)CC5)C4)n3)ccc2nn1C.O=C(O)C(F)(F)F. The van der Waals surface area contributed by atoms with Crippen molar-refractivity contribution in [2.75, 3.05) is 38.0 Å². The summed E-state index contributed by atoms with van der Waals surface area (Å²) < 4.78 is 33.7. The molecule has 0 spiro atoms. The lowest BCUT2D eigenvalue weighted by molar-refractivity contribution is -0.192. The highest BCUT2D eigenvalue weighted by atomic mass is 19.4. The van der Waals surface area contributed by atoms with Crippen molar-refractivity contribution in [1.29, 1.82) is 0 Å². The third-order valence-corrected chi connectivity index (χ3v) is 12.5. The van der Waals surface area contributed by atoms with Gasteiger partial charge in [0.1, 0.15) is 6.04 Å². The molecule has 1 aliphatic carbocycles. The van der Waals surface area contributed by atoms with Crippen molar-refractivity contribution in [3.8, 4) is 11.3 Å². The fourth-order valence-electron chi connectivity index (χ4n) is 9.23. The molecule has 2 saturated heterocycles. The van der Waals surface area contributed by atoms with Gasteiger partial charge in [0.2, 0.25) is 17.8 Å². The standard InChI is InChI=1S/C43H54N10O4.C2HF3O2/c1-27(2)39-33-24-29(11-14-36(33)49-50(39)3)35-17-18-44-42(47-35)45-30-12-13-31(25-30)46-43(57)52-22-20-51(21-23-52)19-6-4-5-8-28-9-7-10-32-34(28)26-53(41(32)56)37-15-16-38(54)48-40(37)55;3-2(4,5)1(6)7/h7,9-11,14,17-18,24,27,30-31,37H,4-6,8,12-13,15-16,19-23,25-26H2,1-3H3,(H,46,57)(H,44,45,47)(H,48,54,55);(H,6,7)/t30-,31-,37?;/m0./s1. The summed E-state index contributed by atoms with van der Waals surface area (Å²) in [6, 6.07) is 13.8. The third-order valence-electron chi connectivity index (χ3n) is 12.5. The van der Waals surface area contributed by atoms with Crippen molar-refractivity contribution >= 4 is 46.6 Å². The number of carboxylic acid groups (broad SMARTS) is 1. The van der Waals surface area contributed by atoms with Gasteiger partial charge >= 0.3 is 18.2 Å². The third kappa shape index (κ3) is 10.8. The predicted octanol–water partition coefficient (Wildman–Crippen LogP) is 5.62. The number of aryl methyl sites for hydroxylation is 2. The number of hydrogen-bond donors (Lipinski definition) is 4. The Hall–Kier alpha value is -6.11. The van der Waals surface area contributed by atoms with Gasteiger partial charge < -0.3 is 25.5 Å². The quantitative estimate of drug-likeness (QED) is 0.102. The number of nitrogens with one attached hydrogen (secondary N) is 3. The Bertz CT molecular complexity index is 2380. The molecule has 0 radical (unpaired) electrons. The Morgan fingerprint density at radius 3 is 2.44 bits per heavy atom. The molecule has 2 aromatic heterocycles. The number of piperazine rings is 1. The van der Waals surface area contributed by atoms with Crippen LogP contribution in [0.15, 0.2) is 48.7 Å². The molecule has 3 atom stereocenters. The van der Waals surface area contributed by atoms with Gasteiger partial charge in [-0.05, 0) is 92.8 Å². The van der Waals surface area contributed by atoms with Crippen LogP contribution < -0.4 is 16.0 Å². The van der Waals surface area contributed by atoms with Crippen LogP contribution in [0.2, 0.25) is 0 Å². The van der Waals surface area contributed by atoms with E-state index in [1.807, 2.05) is 34.8 Å². The number of urea groups is 1. The second-order valence-corrected chi connectivity index (χ2v) is 17.2. The largest absolute Gasteiger partial charge is 0.490 e. The number of halogens is 3. The number of imide groups is 1. The van der Waals surface area contributed by atoms with E-state index in [1.54, 1.807) is 11.1 Å². The van der Waals surface area contributed by atoms with E-state index in [-0.39, 0.29) is 42.3 Å². The predicted molar refractivity (Wildman–Crippen MR) is 231 cm³/mol. The zero-order valence-electron chi connectivity index (χ0n) is 36.3. The molecule has 1 unspecified atom stereocenters. The number of benzene rings is 2. The van der Waals surface area contributed by atoms with E-state index < -0.39 is 18.2 Å². The Morgan fingerprint density at radius 2 is 1.72 bits per heavy atom. The number of anilines is 1. The fourth-order valence-corrected chi connectivity index (χ4v) is 9.23. The van der Waals surface area contributed by atoms with Crippen LogP contribution in [-0.2, 0) is 34.4 Å². The van der Waals surface area contributed by atoms with E-state index in [0.717, 1.165) is 111 Å². The summed E-state index contributed by atoms with van der Waals surface area (Å²) in [5, 5.41) is 22.2. The second kappa shape index (κ2) is 19.7. The first-order valence-electron chi connectivity index (χ1n) is 22.0. The molecule has 3 aliphatic heterocycles. The van der Waals surface area contributed by atoms with Gasteiger partial charge in [-0.15, -0.1) is 0 Å². The molecule has 4 aromatic rings. The number of carbonyl (C=O) groups is 5. The maximum atomic E-state index is 13.2. The van der Waals surface area contributed by atoms with Crippen LogP contribution in [0.1, 0.15) is 98.3 Å². The number of piperidine rings is 1. The molecule has 342 valence electrons. The van der Waals surface area contributed by atoms with Crippen LogP contribution in [0.25, 0.3) is 22.2 Å². The summed E-state index contributed by atoms with van der Waals surface area (Å²) in [5.74, 6) is -2.57. The monoisotopic (exact) mass is 888 g/mol. The van der Waals surface area contributed by atoms with E-state index in [2.05, 4.69) is 69.0 Å². The van der Waals surface area contributed by atoms with E-state index in [0.29, 0.717) is 30.4 Å². The lowest BCUT2D eigenvalue weighted by Gasteiger charge is -2.35. The minimum absolute atomic E-state index is 0.0233. The van der Waals surface area contributed by atoms with E-state index >= 15 is 0 Å². The number of alkyl halides is 3. The van der Waals surface area contributed by atoms with Gasteiger partial charge in [-0.1, -0.05) is 38.5 Å². The summed E-state index contributed by atoms with van der Waals surface area (Å²) in [6.45, 7) is 8.97. The Labute approximate surface area is 369 Å². The van der Waals surface area contributed by atoms with Gasteiger partial charge in [-0.2, -0.15) is 18.3 Å². The first-order valence-corrected chi connectivity index (χ1v) is 22.0. The normalized spacial score (nSPS) is 20.3. The summed E-state index contributed by atoms with van der Waals surface area (Å²) in [5.41, 5.74) is 6.95. The first-order chi connectivity index (χ1) is 30.5. The minimum Gasteiger partial charge on any atom is -0.475 e. The molecule has 1 saturated carbocycles. The molecule has 4 aliphatic rings. The minimum atomic E-state index is -5.08. The maximum Gasteiger partial charge on any atom is 0.490 e. The van der Waals surface area contributed by atoms with E-state index in [9.17, 15) is 32.3 Å². The Morgan fingerprint density at radius 1 is 0.969 bits per heavy atom. The molecular formula is C45H55F3N10O6. The molecule has 8 rings (SSSR count). The molecule has 64 heavy (non-hydrogen) atoms. The molecule has 2 aromatic carbocycles. The van der Waals surface area contributed by atoms with E-state index in [1.165, 1.54) is 5.69 Å². The number of aliphatic carboxylic acids is 1. The van der Waals surface area contributed by atoms with Crippen molar-refractivity contribution in [3.05, 3.63) is 71.0 Å². The summed E-state index contributed by atoms with van der Waals surface area (Å²) >= 11 is 0. The van der Waals surface area contributed by atoms with Crippen molar-refractivity contribution in [3.63, 3.8) is 0 Å². The number of rotatable bonds is 12. The van der Waals surface area contributed by atoms with Gasteiger partial charge in [-0.25, -0.2) is 19.6 Å². The number of aromatic nitrogens is 4. The summed E-state index contributed by atoms with van der Waals surface area (Å²) in [6.07, 6.45) is 4.08. The molecule has 5 amide bonds. The molecule has 16 nitrogen and oxygen atoms in total. The highest BCUT2D eigenvalue weighted by Gasteiger charge is 2.40. The lowest BCUT2D eigenvalue weighted by Crippen LogP contribution is -2.53. The number of carbonyl (C=O) groups excluding carboxylic acids is 4. The Balaban J connectivity index is 0.000000809. The summed E-state index contributed by atoms with van der Waals surface area (Å²) in [7, 11) is 2.00. The zero-order chi connectivity index (χ0) is 45.7. The van der Waals surface area contributed by atoms with Gasteiger partial charge in [0.05, 0.1) is 11.2 Å². The molecule has 4 N–H and O–H groups in total. The highest BCUT2D eigenvalue weighted by Crippen LogP contribution is 2.32. The first kappa shape index (κ1) is 45.9. The lowest BCUT2D eigenvalue weighted by atomic mass is 9.98. The second-order valence-electron chi connectivity index (χ2n) is 17.2. The molecule has 19 heteroatoms. The number of unbranched alkanes of at least 4 members (excludes halogenated alkanes) is 2. The van der Waals surface area contributed by atoms with Crippen molar-refractivity contribution in [1.82, 2.24) is 45.1 Å².